The highest BCUT2D eigenvalue weighted by molar-refractivity contribution is 5.46. The average Bonchev–Trinajstić information content (AvgIpc) is 2.68. The first-order valence-corrected chi connectivity index (χ1v) is 4.86. The first-order chi connectivity index (χ1) is 6.92. The van der Waals surface area contributed by atoms with Crippen LogP contribution in [0.15, 0.2) is 30.3 Å². The molecule has 1 saturated heterocycles. The number of hydrogen-bond acceptors (Lipinski definition) is 3. The molecule has 72 valence electrons. The van der Waals surface area contributed by atoms with E-state index in [1.165, 1.54) is 0 Å². The smallest absolute Gasteiger partial charge is 0.0644 e. The van der Waals surface area contributed by atoms with Crippen molar-refractivity contribution in [1.29, 1.82) is 5.26 Å². The largest absolute Gasteiger partial charge is 0.304 e. The van der Waals surface area contributed by atoms with Crippen molar-refractivity contribution in [3.8, 4) is 6.07 Å². The fourth-order valence-corrected chi connectivity index (χ4v) is 1.80. The molecule has 1 atom stereocenters. The summed E-state index contributed by atoms with van der Waals surface area (Å²) in [4.78, 5) is 0. The van der Waals surface area contributed by atoms with E-state index < -0.39 is 0 Å². The number of nitriles is 1. The summed E-state index contributed by atoms with van der Waals surface area (Å²) >= 11 is 0. The van der Waals surface area contributed by atoms with Crippen LogP contribution in [-0.2, 0) is 0 Å². The van der Waals surface area contributed by atoms with E-state index in [-0.39, 0.29) is 0 Å². The number of benzene rings is 1. The number of hydrazine groups is 1. The molecule has 0 spiro atoms. The standard InChI is InChI=1S/C11H13N3/c12-8-6-11-7-9-13-14(11)10-4-2-1-3-5-10/h1-5,11,13H,6-7,9H2. The lowest BCUT2D eigenvalue weighted by Crippen LogP contribution is -2.36. The van der Waals surface area contributed by atoms with Gasteiger partial charge in [-0.2, -0.15) is 5.26 Å². The first kappa shape index (κ1) is 9.04. The van der Waals surface area contributed by atoms with E-state index >= 15 is 0 Å². The van der Waals surface area contributed by atoms with E-state index in [0.29, 0.717) is 12.5 Å². The molecule has 0 radical (unpaired) electrons. The van der Waals surface area contributed by atoms with Gasteiger partial charge in [-0.3, -0.25) is 0 Å². The summed E-state index contributed by atoms with van der Waals surface area (Å²) in [7, 11) is 0. The molecule has 0 aromatic heterocycles. The third-order valence-electron chi connectivity index (χ3n) is 2.49. The van der Waals surface area contributed by atoms with Gasteiger partial charge in [0.25, 0.3) is 0 Å². The zero-order valence-electron chi connectivity index (χ0n) is 7.98. The van der Waals surface area contributed by atoms with Crippen molar-refractivity contribution < 1.29 is 0 Å². The predicted octanol–water partition coefficient (Wildman–Crippen LogP) is 1.68. The molecule has 3 heteroatoms. The molecule has 2 rings (SSSR count). The lowest BCUT2D eigenvalue weighted by Gasteiger charge is -2.24. The summed E-state index contributed by atoms with van der Waals surface area (Å²) in [5.41, 5.74) is 4.43. The van der Waals surface area contributed by atoms with Gasteiger partial charge in [-0.1, -0.05) is 18.2 Å². The van der Waals surface area contributed by atoms with Gasteiger partial charge in [0.2, 0.25) is 0 Å². The zero-order chi connectivity index (χ0) is 9.80. The zero-order valence-corrected chi connectivity index (χ0v) is 7.98. The van der Waals surface area contributed by atoms with E-state index in [0.717, 1.165) is 18.7 Å². The van der Waals surface area contributed by atoms with Gasteiger partial charge < -0.3 is 5.01 Å². The average molecular weight is 187 g/mol. The summed E-state index contributed by atoms with van der Waals surface area (Å²) < 4.78 is 0. The lowest BCUT2D eigenvalue weighted by atomic mass is 10.1. The Labute approximate surface area is 83.9 Å². The Kier molecular flexibility index (Phi) is 2.66. The molecule has 3 nitrogen and oxygen atoms in total. The monoisotopic (exact) mass is 187 g/mol. The molecule has 0 aliphatic carbocycles. The molecule has 1 aliphatic rings. The second kappa shape index (κ2) is 4.12. The van der Waals surface area contributed by atoms with Crippen LogP contribution in [0.5, 0.6) is 0 Å². The maximum atomic E-state index is 8.69. The maximum absolute atomic E-state index is 8.69. The van der Waals surface area contributed by atoms with Crippen molar-refractivity contribution in [3.63, 3.8) is 0 Å². The normalized spacial score (nSPS) is 20.8. The van der Waals surface area contributed by atoms with Crippen molar-refractivity contribution in [2.45, 2.75) is 18.9 Å². The van der Waals surface area contributed by atoms with Gasteiger partial charge in [-0.15, -0.1) is 0 Å². The Morgan fingerprint density at radius 3 is 2.93 bits per heavy atom. The molecular weight excluding hydrogens is 174 g/mol. The van der Waals surface area contributed by atoms with Crippen molar-refractivity contribution in [3.05, 3.63) is 30.3 Å². The SMILES string of the molecule is N#CCC1CCNN1c1ccccc1. The predicted molar refractivity (Wildman–Crippen MR) is 55.6 cm³/mol. The van der Waals surface area contributed by atoms with Gasteiger partial charge >= 0.3 is 0 Å². The van der Waals surface area contributed by atoms with E-state index in [4.69, 9.17) is 5.26 Å². The fraction of sp³-hybridized carbons (Fsp3) is 0.364. The van der Waals surface area contributed by atoms with Crippen LogP contribution in [0.25, 0.3) is 0 Å². The molecule has 1 unspecified atom stereocenters. The van der Waals surface area contributed by atoms with Crippen LogP contribution in [0, 0.1) is 11.3 Å². The van der Waals surface area contributed by atoms with E-state index in [1.54, 1.807) is 0 Å². The Morgan fingerprint density at radius 1 is 1.43 bits per heavy atom. The molecule has 1 heterocycles. The number of para-hydroxylation sites is 1. The molecule has 0 bridgehead atoms. The van der Waals surface area contributed by atoms with Gasteiger partial charge in [0.05, 0.1) is 24.2 Å². The van der Waals surface area contributed by atoms with Gasteiger partial charge in [-0.25, -0.2) is 5.43 Å². The summed E-state index contributed by atoms with van der Waals surface area (Å²) in [6, 6.07) is 12.7. The summed E-state index contributed by atoms with van der Waals surface area (Å²) in [6.45, 7) is 0.960. The minimum Gasteiger partial charge on any atom is -0.304 e. The minimum absolute atomic E-state index is 0.322. The van der Waals surface area contributed by atoms with Crippen LogP contribution in [0.2, 0.25) is 0 Å². The Morgan fingerprint density at radius 2 is 2.21 bits per heavy atom. The van der Waals surface area contributed by atoms with E-state index in [1.807, 2.05) is 18.2 Å². The fourth-order valence-electron chi connectivity index (χ4n) is 1.80. The lowest BCUT2D eigenvalue weighted by molar-refractivity contribution is 0.657. The molecular formula is C11H13N3. The van der Waals surface area contributed by atoms with E-state index in [2.05, 4.69) is 28.6 Å². The van der Waals surface area contributed by atoms with Crippen LogP contribution in [0.3, 0.4) is 0 Å². The van der Waals surface area contributed by atoms with Gasteiger partial charge in [0.1, 0.15) is 0 Å². The Balaban J connectivity index is 2.14. The van der Waals surface area contributed by atoms with Crippen molar-refractivity contribution in [2.75, 3.05) is 11.6 Å². The topological polar surface area (TPSA) is 39.1 Å². The third kappa shape index (κ3) is 1.70. The van der Waals surface area contributed by atoms with Gasteiger partial charge in [-0.05, 0) is 18.6 Å². The number of rotatable bonds is 2. The summed E-state index contributed by atoms with van der Waals surface area (Å²) in [5.74, 6) is 0. The molecule has 1 aromatic rings. The van der Waals surface area contributed by atoms with E-state index in [9.17, 15) is 0 Å². The molecule has 1 N–H and O–H groups in total. The highest BCUT2D eigenvalue weighted by Gasteiger charge is 2.23. The molecule has 1 fully saturated rings. The van der Waals surface area contributed by atoms with Crippen LogP contribution in [0.1, 0.15) is 12.8 Å². The number of anilines is 1. The van der Waals surface area contributed by atoms with Crippen molar-refractivity contribution in [1.82, 2.24) is 5.43 Å². The highest BCUT2D eigenvalue weighted by atomic mass is 15.5. The summed E-state index contributed by atoms with van der Waals surface area (Å²) in [5, 5.41) is 10.8. The van der Waals surface area contributed by atoms with Crippen molar-refractivity contribution >= 4 is 5.69 Å². The van der Waals surface area contributed by atoms with Crippen LogP contribution in [-0.4, -0.2) is 12.6 Å². The first-order valence-electron chi connectivity index (χ1n) is 4.86. The second-order valence-electron chi connectivity index (χ2n) is 3.42. The second-order valence-corrected chi connectivity index (χ2v) is 3.42. The molecule has 0 amide bonds. The minimum atomic E-state index is 0.322. The third-order valence-corrected chi connectivity index (χ3v) is 2.49. The molecule has 1 aliphatic heterocycles. The quantitative estimate of drug-likeness (QED) is 0.765. The highest BCUT2D eigenvalue weighted by Crippen LogP contribution is 2.21. The van der Waals surface area contributed by atoms with Gasteiger partial charge in [0, 0.05) is 6.54 Å². The Bertz CT molecular complexity index is 328. The number of nitrogens with zero attached hydrogens (tertiary/aromatic N) is 2. The molecule has 1 aromatic carbocycles. The maximum Gasteiger partial charge on any atom is 0.0644 e. The number of nitrogens with one attached hydrogen (secondary N) is 1. The van der Waals surface area contributed by atoms with Crippen LogP contribution < -0.4 is 10.4 Å². The summed E-state index contributed by atoms with van der Waals surface area (Å²) in [6.07, 6.45) is 1.63. The van der Waals surface area contributed by atoms with Gasteiger partial charge in [0.15, 0.2) is 0 Å². The van der Waals surface area contributed by atoms with Crippen LogP contribution in [0.4, 0.5) is 5.69 Å². The van der Waals surface area contributed by atoms with Crippen molar-refractivity contribution in [2.24, 2.45) is 0 Å². The molecule has 0 saturated carbocycles. The molecule has 14 heavy (non-hydrogen) atoms. The van der Waals surface area contributed by atoms with Crippen LogP contribution >= 0.6 is 0 Å². The number of hydrogen-bond donors (Lipinski definition) is 1. The Hall–Kier alpha value is -1.53.